The molecular weight excluding hydrogens is 286 g/mol. The third-order valence-electron chi connectivity index (χ3n) is 3.11. The summed E-state index contributed by atoms with van der Waals surface area (Å²) < 4.78 is 0. The number of hydrogen-bond acceptors (Lipinski definition) is 2. The van der Waals surface area contributed by atoms with Gasteiger partial charge in [0.2, 0.25) is 5.91 Å². The normalized spacial score (nSPS) is 11.7. The van der Waals surface area contributed by atoms with E-state index in [1.165, 1.54) is 6.92 Å². The summed E-state index contributed by atoms with van der Waals surface area (Å²) >= 11 is 5.98. The molecule has 0 bridgehead atoms. The number of Topliss-reactive ketones (excluding diaryl/α,β-unsaturated/α-hetero) is 1. The average molecular weight is 302 g/mol. The van der Waals surface area contributed by atoms with Crippen LogP contribution in [0.3, 0.4) is 0 Å². The van der Waals surface area contributed by atoms with E-state index in [9.17, 15) is 9.59 Å². The van der Waals surface area contributed by atoms with E-state index in [0.29, 0.717) is 10.6 Å². The van der Waals surface area contributed by atoms with E-state index < -0.39 is 0 Å². The highest BCUT2D eigenvalue weighted by Crippen LogP contribution is 2.22. The zero-order valence-electron chi connectivity index (χ0n) is 11.7. The Morgan fingerprint density at radius 1 is 1.10 bits per heavy atom. The maximum absolute atomic E-state index is 12.3. The Hall–Kier alpha value is -2.13. The smallest absolute Gasteiger partial charge is 0.217 e. The molecule has 108 valence electrons. The Kier molecular flexibility index (Phi) is 5.12. The van der Waals surface area contributed by atoms with Crippen molar-refractivity contribution < 1.29 is 9.59 Å². The van der Waals surface area contributed by atoms with Crippen molar-refractivity contribution in [3.8, 4) is 0 Å². The molecule has 2 aromatic carbocycles. The number of benzene rings is 2. The predicted molar refractivity (Wildman–Crippen MR) is 83.4 cm³/mol. The zero-order chi connectivity index (χ0) is 15.2. The van der Waals surface area contributed by atoms with Crippen LogP contribution in [-0.2, 0) is 4.79 Å². The van der Waals surface area contributed by atoms with Crippen molar-refractivity contribution >= 4 is 23.3 Å². The monoisotopic (exact) mass is 301 g/mol. The van der Waals surface area contributed by atoms with Gasteiger partial charge >= 0.3 is 0 Å². The highest BCUT2D eigenvalue weighted by atomic mass is 35.5. The maximum Gasteiger partial charge on any atom is 0.217 e. The summed E-state index contributed by atoms with van der Waals surface area (Å²) in [5.41, 5.74) is 1.46. The lowest BCUT2D eigenvalue weighted by molar-refractivity contribution is -0.119. The van der Waals surface area contributed by atoms with Gasteiger partial charge in [-0.25, -0.2) is 0 Å². The molecule has 1 N–H and O–H groups in total. The van der Waals surface area contributed by atoms with Gasteiger partial charge in [0.05, 0.1) is 6.04 Å². The fraction of sp³-hybridized carbons (Fsp3) is 0.176. The summed E-state index contributed by atoms with van der Waals surface area (Å²) in [6.07, 6.45) is 0.198. The minimum Gasteiger partial charge on any atom is -0.349 e. The van der Waals surface area contributed by atoms with E-state index in [4.69, 9.17) is 11.6 Å². The first-order valence-electron chi connectivity index (χ1n) is 6.67. The fourth-order valence-corrected chi connectivity index (χ4v) is 2.35. The Bertz CT molecular complexity index is 640. The van der Waals surface area contributed by atoms with Crippen molar-refractivity contribution in [3.63, 3.8) is 0 Å². The molecule has 0 aliphatic rings. The lowest BCUT2D eigenvalue weighted by Crippen LogP contribution is -2.28. The average Bonchev–Trinajstić information content (AvgIpc) is 2.47. The summed E-state index contributed by atoms with van der Waals surface area (Å²) in [4.78, 5) is 23.7. The van der Waals surface area contributed by atoms with Crippen LogP contribution in [0.2, 0.25) is 5.02 Å². The molecule has 1 atom stereocenters. The van der Waals surface area contributed by atoms with Gasteiger partial charge in [0, 0.05) is 23.9 Å². The number of carbonyl (C=O) groups excluding carboxylic acids is 2. The number of carbonyl (C=O) groups is 2. The first-order chi connectivity index (χ1) is 10.1. The molecule has 0 aromatic heterocycles. The molecule has 0 saturated heterocycles. The lowest BCUT2D eigenvalue weighted by atomic mass is 9.98. The van der Waals surface area contributed by atoms with Crippen molar-refractivity contribution in [1.29, 1.82) is 0 Å². The van der Waals surface area contributed by atoms with E-state index in [1.807, 2.05) is 24.3 Å². The minimum absolute atomic E-state index is 0.0191. The molecule has 0 heterocycles. The third-order valence-corrected chi connectivity index (χ3v) is 3.35. The van der Waals surface area contributed by atoms with Gasteiger partial charge in [0.15, 0.2) is 5.78 Å². The lowest BCUT2D eigenvalue weighted by Gasteiger charge is -2.18. The topological polar surface area (TPSA) is 46.2 Å². The molecule has 1 amide bonds. The summed E-state index contributed by atoms with van der Waals surface area (Å²) in [7, 11) is 0. The molecule has 0 radical (unpaired) electrons. The third kappa shape index (κ3) is 4.43. The van der Waals surface area contributed by atoms with E-state index >= 15 is 0 Å². The van der Waals surface area contributed by atoms with Crippen molar-refractivity contribution in [3.05, 3.63) is 70.7 Å². The molecule has 0 unspecified atom stereocenters. The highest BCUT2D eigenvalue weighted by Gasteiger charge is 2.18. The van der Waals surface area contributed by atoms with Gasteiger partial charge in [-0.2, -0.15) is 0 Å². The summed E-state index contributed by atoms with van der Waals surface area (Å²) in [5, 5.41) is 3.38. The van der Waals surface area contributed by atoms with Crippen LogP contribution in [0.1, 0.15) is 35.3 Å². The second-order valence-corrected chi connectivity index (χ2v) is 5.24. The first-order valence-corrected chi connectivity index (χ1v) is 7.05. The Morgan fingerprint density at radius 3 is 2.43 bits per heavy atom. The predicted octanol–water partition coefficient (Wildman–Crippen LogP) is 3.79. The van der Waals surface area contributed by atoms with Crippen molar-refractivity contribution in [2.75, 3.05) is 0 Å². The van der Waals surface area contributed by atoms with Crippen molar-refractivity contribution in [2.24, 2.45) is 0 Å². The van der Waals surface area contributed by atoms with Gasteiger partial charge in [0.1, 0.15) is 0 Å². The number of nitrogens with one attached hydrogen (secondary N) is 1. The van der Waals surface area contributed by atoms with Crippen LogP contribution in [0.25, 0.3) is 0 Å². The van der Waals surface area contributed by atoms with E-state index in [-0.39, 0.29) is 24.2 Å². The van der Waals surface area contributed by atoms with Gasteiger partial charge in [-0.1, -0.05) is 54.1 Å². The quantitative estimate of drug-likeness (QED) is 0.854. The molecule has 0 aliphatic heterocycles. The van der Waals surface area contributed by atoms with E-state index in [2.05, 4.69) is 5.32 Å². The molecule has 3 nitrogen and oxygen atoms in total. The maximum atomic E-state index is 12.3. The van der Waals surface area contributed by atoms with Crippen LogP contribution >= 0.6 is 11.6 Å². The Labute approximate surface area is 128 Å². The molecule has 0 aliphatic carbocycles. The largest absolute Gasteiger partial charge is 0.349 e. The molecule has 0 saturated carbocycles. The fourth-order valence-electron chi connectivity index (χ4n) is 2.15. The van der Waals surface area contributed by atoms with Crippen LogP contribution in [0.4, 0.5) is 0 Å². The molecule has 4 heteroatoms. The van der Waals surface area contributed by atoms with Gasteiger partial charge in [0.25, 0.3) is 0 Å². The van der Waals surface area contributed by atoms with Gasteiger partial charge in [-0.15, -0.1) is 0 Å². The van der Waals surface area contributed by atoms with E-state index in [0.717, 1.165) is 5.56 Å². The standard InChI is InChI=1S/C17H16ClNO2/c1-12(20)19-16(14-8-5-9-15(18)10-14)11-17(21)13-6-3-2-4-7-13/h2-10,16H,11H2,1H3,(H,19,20)/t16-/m0/s1. The van der Waals surface area contributed by atoms with Crippen molar-refractivity contribution in [2.45, 2.75) is 19.4 Å². The Balaban J connectivity index is 2.21. The second kappa shape index (κ2) is 7.04. The van der Waals surface area contributed by atoms with Crippen LogP contribution in [0.5, 0.6) is 0 Å². The Morgan fingerprint density at radius 2 is 1.81 bits per heavy atom. The van der Waals surface area contributed by atoms with Gasteiger partial charge < -0.3 is 5.32 Å². The van der Waals surface area contributed by atoms with Crippen LogP contribution in [0.15, 0.2) is 54.6 Å². The summed E-state index contributed by atoms with van der Waals surface area (Å²) in [5.74, 6) is -0.199. The molecule has 2 rings (SSSR count). The van der Waals surface area contributed by atoms with Crippen LogP contribution in [-0.4, -0.2) is 11.7 Å². The first kappa shape index (κ1) is 15.3. The zero-order valence-corrected chi connectivity index (χ0v) is 12.4. The summed E-state index contributed by atoms with van der Waals surface area (Å²) in [6.45, 7) is 1.44. The molecule has 0 spiro atoms. The SMILES string of the molecule is CC(=O)N[C@@H](CC(=O)c1ccccc1)c1cccc(Cl)c1. The molecule has 0 fully saturated rings. The number of hydrogen-bond donors (Lipinski definition) is 1. The number of amides is 1. The number of halogens is 1. The second-order valence-electron chi connectivity index (χ2n) is 4.80. The van der Waals surface area contributed by atoms with Crippen LogP contribution in [0, 0.1) is 0 Å². The van der Waals surface area contributed by atoms with Gasteiger partial charge in [-0.3, -0.25) is 9.59 Å². The molecule has 21 heavy (non-hydrogen) atoms. The minimum atomic E-state index is -0.381. The summed E-state index contributed by atoms with van der Waals surface area (Å²) in [6, 6.07) is 15.8. The van der Waals surface area contributed by atoms with E-state index in [1.54, 1.807) is 30.3 Å². The number of rotatable bonds is 5. The van der Waals surface area contributed by atoms with Gasteiger partial charge in [-0.05, 0) is 17.7 Å². The van der Waals surface area contributed by atoms with Crippen LogP contribution < -0.4 is 5.32 Å². The van der Waals surface area contributed by atoms with Crippen molar-refractivity contribution in [1.82, 2.24) is 5.32 Å². The highest BCUT2D eigenvalue weighted by molar-refractivity contribution is 6.30. The molecular formula is C17H16ClNO2. The number of ketones is 1. The molecule has 2 aromatic rings.